The molecule has 0 unspecified atom stereocenters. The normalized spacial score (nSPS) is 12.0. The monoisotopic (exact) mass is 306 g/mol. The number of halogens is 1. The van der Waals surface area contributed by atoms with Crippen molar-refractivity contribution in [3.8, 4) is 0 Å². The van der Waals surface area contributed by atoms with Gasteiger partial charge in [-0.1, -0.05) is 13.0 Å². The highest BCUT2D eigenvalue weighted by Crippen LogP contribution is 2.17. The molecule has 1 amide bonds. The van der Waals surface area contributed by atoms with E-state index in [1.807, 2.05) is 0 Å². The number of hydrogen-bond acceptors (Lipinski definition) is 4. The van der Waals surface area contributed by atoms with Crippen LogP contribution in [0.3, 0.4) is 0 Å². The lowest BCUT2D eigenvalue weighted by Crippen LogP contribution is -2.25. The number of anilines is 1. The third kappa shape index (κ3) is 3.66. The Labute approximate surface area is 125 Å². The molecule has 0 aliphatic carbocycles. The topological polar surface area (TPSA) is 90.1 Å². The fourth-order valence-electron chi connectivity index (χ4n) is 1.90. The van der Waals surface area contributed by atoms with E-state index in [2.05, 4.69) is 10.4 Å². The summed E-state index contributed by atoms with van der Waals surface area (Å²) < 4.78 is 14.5. The molecule has 0 aliphatic rings. The average Bonchev–Trinajstić information content (AvgIpc) is 2.91. The Balaban J connectivity index is 2.02. The molecule has 0 fully saturated rings. The zero-order chi connectivity index (χ0) is 16.3. The zero-order valence-corrected chi connectivity index (χ0v) is 12.1. The molecular weight excluding hydrogens is 291 g/mol. The van der Waals surface area contributed by atoms with Crippen LogP contribution >= 0.6 is 0 Å². The molecule has 116 valence electrons. The molecule has 1 heterocycles. The van der Waals surface area contributed by atoms with E-state index < -0.39 is 16.7 Å². The van der Waals surface area contributed by atoms with Crippen molar-refractivity contribution in [2.75, 3.05) is 5.32 Å². The van der Waals surface area contributed by atoms with Gasteiger partial charge in [0.15, 0.2) is 0 Å². The maximum atomic E-state index is 13.2. The summed E-state index contributed by atoms with van der Waals surface area (Å²) >= 11 is 0. The molecule has 1 atom stereocenters. The van der Waals surface area contributed by atoms with Crippen LogP contribution < -0.4 is 5.32 Å². The van der Waals surface area contributed by atoms with Gasteiger partial charge in [-0.2, -0.15) is 5.10 Å². The summed E-state index contributed by atoms with van der Waals surface area (Å²) in [5.74, 6) is -1.23. The van der Waals surface area contributed by atoms with Gasteiger partial charge in [0.25, 0.3) is 0 Å². The fraction of sp³-hybridized carbons (Fsp3) is 0.286. The van der Waals surface area contributed by atoms with E-state index in [9.17, 15) is 19.3 Å². The molecule has 22 heavy (non-hydrogen) atoms. The summed E-state index contributed by atoms with van der Waals surface area (Å²) in [6, 6.07) is 4.14. The lowest BCUT2D eigenvalue weighted by Gasteiger charge is -2.13. The van der Waals surface area contributed by atoms with Crippen molar-refractivity contribution in [1.29, 1.82) is 0 Å². The SMILES string of the molecule is Cc1ccc(F)cc1NC(=O)[C@H](C)Cn1cc([N+](=O)[O-])cn1. The quantitative estimate of drug-likeness (QED) is 0.679. The van der Waals surface area contributed by atoms with E-state index in [-0.39, 0.29) is 18.1 Å². The van der Waals surface area contributed by atoms with Gasteiger partial charge in [0.1, 0.15) is 18.2 Å². The van der Waals surface area contributed by atoms with E-state index in [1.165, 1.54) is 23.0 Å². The van der Waals surface area contributed by atoms with Gasteiger partial charge < -0.3 is 5.32 Å². The number of rotatable bonds is 5. The second kappa shape index (κ2) is 6.33. The Hall–Kier alpha value is -2.77. The van der Waals surface area contributed by atoms with Crippen LogP contribution in [0.15, 0.2) is 30.6 Å². The molecule has 0 spiro atoms. The summed E-state index contributed by atoms with van der Waals surface area (Å²) in [4.78, 5) is 22.1. The molecule has 7 nitrogen and oxygen atoms in total. The molecule has 0 aliphatic heterocycles. The van der Waals surface area contributed by atoms with Crippen LogP contribution in [0.25, 0.3) is 0 Å². The highest BCUT2D eigenvalue weighted by atomic mass is 19.1. The number of benzene rings is 1. The number of carbonyl (C=O) groups is 1. The zero-order valence-electron chi connectivity index (χ0n) is 12.1. The molecular formula is C14H15FN4O3. The number of nitrogens with one attached hydrogen (secondary N) is 1. The van der Waals surface area contributed by atoms with Gasteiger partial charge in [0, 0.05) is 5.69 Å². The lowest BCUT2D eigenvalue weighted by molar-refractivity contribution is -0.385. The first-order chi connectivity index (χ1) is 10.4. The van der Waals surface area contributed by atoms with E-state index >= 15 is 0 Å². The van der Waals surface area contributed by atoms with Crippen LogP contribution in [-0.2, 0) is 11.3 Å². The standard InChI is InChI=1S/C14H15FN4O3/c1-9-3-4-11(15)5-13(9)17-14(20)10(2)7-18-8-12(6-16-18)19(21)22/h3-6,8,10H,7H2,1-2H3,(H,17,20)/t10-/m1/s1. The minimum absolute atomic E-state index is 0.131. The molecule has 1 aromatic heterocycles. The fourth-order valence-corrected chi connectivity index (χ4v) is 1.90. The van der Waals surface area contributed by atoms with Crippen molar-refractivity contribution in [3.63, 3.8) is 0 Å². The number of aryl methyl sites for hydroxylation is 1. The van der Waals surface area contributed by atoms with Crippen LogP contribution in [-0.4, -0.2) is 20.6 Å². The van der Waals surface area contributed by atoms with Crippen LogP contribution in [0.1, 0.15) is 12.5 Å². The molecule has 1 aromatic carbocycles. The number of aromatic nitrogens is 2. The molecule has 0 saturated heterocycles. The number of nitrogens with zero attached hydrogens (tertiary/aromatic N) is 3. The lowest BCUT2D eigenvalue weighted by atomic mass is 10.1. The minimum atomic E-state index is -0.551. The molecule has 2 aromatic rings. The van der Waals surface area contributed by atoms with Crippen molar-refractivity contribution in [1.82, 2.24) is 9.78 Å². The number of hydrogen-bond donors (Lipinski definition) is 1. The maximum absolute atomic E-state index is 13.2. The van der Waals surface area contributed by atoms with Crippen LogP contribution in [0, 0.1) is 28.8 Å². The molecule has 0 radical (unpaired) electrons. The summed E-state index contributed by atoms with van der Waals surface area (Å²) in [5, 5.41) is 17.1. The van der Waals surface area contributed by atoms with E-state index in [0.29, 0.717) is 5.69 Å². The summed E-state index contributed by atoms with van der Waals surface area (Å²) in [6.45, 7) is 3.61. The van der Waals surface area contributed by atoms with E-state index in [1.54, 1.807) is 19.9 Å². The summed E-state index contributed by atoms with van der Waals surface area (Å²) in [7, 11) is 0. The van der Waals surface area contributed by atoms with Gasteiger partial charge in [-0.05, 0) is 24.6 Å². The Bertz CT molecular complexity index is 714. The molecule has 0 bridgehead atoms. The third-order valence-electron chi connectivity index (χ3n) is 3.20. The van der Waals surface area contributed by atoms with Crippen LogP contribution in [0.2, 0.25) is 0 Å². The maximum Gasteiger partial charge on any atom is 0.306 e. The van der Waals surface area contributed by atoms with Crippen molar-refractivity contribution in [2.24, 2.45) is 5.92 Å². The van der Waals surface area contributed by atoms with Crippen molar-refractivity contribution in [3.05, 3.63) is 52.1 Å². The Morgan fingerprint density at radius 1 is 1.55 bits per heavy atom. The Morgan fingerprint density at radius 2 is 2.27 bits per heavy atom. The first-order valence-corrected chi connectivity index (χ1v) is 6.60. The second-order valence-electron chi connectivity index (χ2n) is 5.03. The van der Waals surface area contributed by atoms with E-state index in [0.717, 1.165) is 11.8 Å². The van der Waals surface area contributed by atoms with Crippen molar-refractivity contribution < 1.29 is 14.1 Å². The minimum Gasteiger partial charge on any atom is -0.325 e. The second-order valence-corrected chi connectivity index (χ2v) is 5.03. The van der Waals surface area contributed by atoms with Gasteiger partial charge in [-0.25, -0.2) is 4.39 Å². The average molecular weight is 306 g/mol. The Kier molecular flexibility index (Phi) is 4.50. The van der Waals surface area contributed by atoms with Crippen LogP contribution in [0.5, 0.6) is 0 Å². The van der Waals surface area contributed by atoms with Gasteiger partial charge in [-0.3, -0.25) is 19.6 Å². The molecule has 8 heteroatoms. The van der Waals surface area contributed by atoms with Crippen molar-refractivity contribution >= 4 is 17.3 Å². The number of nitro groups is 1. The molecule has 0 saturated carbocycles. The van der Waals surface area contributed by atoms with Crippen molar-refractivity contribution in [2.45, 2.75) is 20.4 Å². The summed E-state index contributed by atoms with van der Waals surface area (Å²) in [6.07, 6.45) is 2.39. The third-order valence-corrected chi connectivity index (χ3v) is 3.20. The van der Waals surface area contributed by atoms with Gasteiger partial charge in [-0.15, -0.1) is 0 Å². The van der Waals surface area contributed by atoms with Gasteiger partial charge >= 0.3 is 5.69 Å². The predicted molar refractivity (Wildman–Crippen MR) is 77.8 cm³/mol. The highest BCUT2D eigenvalue weighted by Gasteiger charge is 2.17. The van der Waals surface area contributed by atoms with Gasteiger partial charge in [0.2, 0.25) is 5.91 Å². The molecule has 1 N–H and O–H groups in total. The number of carbonyl (C=O) groups excluding carboxylic acids is 1. The first-order valence-electron chi connectivity index (χ1n) is 6.60. The smallest absolute Gasteiger partial charge is 0.306 e. The Morgan fingerprint density at radius 3 is 2.91 bits per heavy atom. The number of amides is 1. The van der Waals surface area contributed by atoms with Crippen LogP contribution in [0.4, 0.5) is 15.8 Å². The predicted octanol–water partition coefficient (Wildman–Crippen LogP) is 2.51. The van der Waals surface area contributed by atoms with Gasteiger partial charge in [0.05, 0.1) is 17.4 Å². The first kappa shape index (κ1) is 15.6. The summed E-state index contributed by atoms with van der Waals surface area (Å²) in [5.41, 5.74) is 1.02. The largest absolute Gasteiger partial charge is 0.325 e. The van der Waals surface area contributed by atoms with E-state index in [4.69, 9.17) is 0 Å². The highest BCUT2D eigenvalue weighted by molar-refractivity contribution is 5.92. The molecule has 2 rings (SSSR count).